The second kappa shape index (κ2) is 11.4. The molecule has 0 aromatic heterocycles. The zero-order chi connectivity index (χ0) is 27.6. The predicted octanol–water partition coefficient (Wildman–Crippen LogP) is 6.12. The van der Waals surface area contributed by atoms with E-state index in [9.17, 15) is 19.1 Å². The first-order valence-corrected chi connectivity index (χ1v) is 13.4. The summed E-state index contributed by atoms with van der Waals surface area (Å²) in [5.41, 5.74) is 2.64. The second-order valence-corrected chi connectivity index (χ2v) is 11.0. The fourth-order valence-corrected chi connectivity index (χ4v) is 5.16. The van der Waals surface area contributed by atoms with Crippen molar-refractivity contribution in [1.29, 1.82) is 0 Å². The molecule has 0 saturated carbocycles. The number of rotatable bonds is 5. The number of benzene rings is 3. The molecule has 0 bridgehead atoms. The molecule has 1 aliphatic rings. The van der Waals surface area contributed by atoms with Gasteiger partial charge in [-0.15, -0.1) is 0 Å². The van der Waals surface area contributed by atoms with Gasteiger partial charge in [-0.25, -0.2) is 4.39 Å². The fourth-order valence-electron chi connectivity index (χ4n) is 4.65. The van der Waals surface area contributed by atoms with E-state index < -0.39 is 23.2 Å². The summed E-state index contributed by atoms with van der Waals surface area (Å²) in [6.45, 7) is 4.67. The molecule has 1 N–H and O–H groups in total. The number of aliphatic hydroxyl groups is 1. The molecule has 1 heterocycles. The molecule has 38 heavy (non-hydrogen) atoms. The van der Waals surface area contributed by atoms with Crippen LogP contribution in [0.2, 0.25) is 5.02 Å². The van der Waals surface area contributed by atoms with E-state index in [4.69, 9.17) is 16.3 Å². The van der Waals surface area contributed by atoms with E-state index in [1.54, 1.807) is 25.2 Å². The molecule has 0 radical (unpaired) electrons. The van der Waals surface area contributed by atoms with Crippen molar-refractivity contribution in [2.45, 2.75) is 38.8 Å². The number of likely N-dealkylation sites (N-methyl/N-ethyl adjacent to an activating group) is 1. The number of carbonyl (C=O) groups excluding carboxylic acids is 2. The summed E-state index contributed by atoms with van der Waals surface area (Å²) in [5, 5.41) is 11.2. The largest absolute Gasteiger partial charge is 0.457 e. The number of piperidine rings is 1. The summed E-state index contributed by atoms with van der Waals surface area (Å²) in [7, 11) is 1.55. The van der Waals surface area contributed by atoms with Gasteiger partial charge in [0.1, 0.15) is 17.3 Å². The quantitative estimate of drug-likeness (QED) is 0.357. The number of hydrogen-bond donors (Lipinski definition) is 1. The number of amides is 2. The van der Waals surface area contributed by atoms with Crippen LogP contribution >= 0.6 is 27.5 Å². The Hall–Kier alpha value is -2.94. The Labute approximate surface area is 235 Å². The molecular formula is C29H29BrClFN2O4. The number of ether oxygens (including phenoxy) is 1. The van der Waals surface area contributed by atoms with Gasteiger partial charge in [-0.2, -0.15) is 0 Å². The predicted molar refractivity (Wildman–Crippen MR) is 148 cm³/mol. The molecule has 9 heteroatoms. The van der Waals surface area contributed by atoms with Gasteiger partial charge in [0.15, 0.2) is 0 Å². The summed E-state index contributed by atoms with van der Waals surface area (Å²) in [6.07, 6.45) is 0.704. The average Bonchev–Trinajstić information content (AvgIpc) is 2.89. The lowest BCUT2D eigenvalue weighted by Gasteiger charge is -2.39. The van der Waals surface area contributed by atoms with Gasteiger partial charge in [0.25, 0.3) is 0 Å². The molecule has 0 atom stereocenters. The van der Waals surface area contributed by atoms with Gasteiger partial charge in [-0.1, -0.05) is 51.8 Å². The standard InChI is InChI=1S/C29H29BrClFN2O4/c1-18-5-4-6-23(19(18)2)29(37)11-13-34(14-12-29)28(36)27(35)33(3)17-20-7-8-21(30)15-26(20)38-22-9-10-25(32)24(31)16-22/h4-10,15-16,37H,11-14,17H2,1-3H3. The van der Waals surface area contributed by atoms with Crippen LogP contribution in [0.25, 0.3) is 0 Å². The minimum absolute atomic E-state index is 0.0667. The third-order valence-electron chi connectivity index (χ3n) is 7.07. The minimum Gasteiger partial charge on any atom is -0.457 e. The maximum atomic E-state index is 13.5. The first-order valence-electron chi connectivity index (χ1n) is 12.2. The third-order valence-corrected chi connectivity index (χ3v) is 7.85. The summed E-state index contributed by atoms with van der Waals surface area (Å²) in [4.78, 5) is 29.0. The van der Waals surface area contributed by atoms with E-state index in [1.165, 1.54) is 28.0 Å². The number of aryl methyl sites for hydroxylation is 1. The molecule has 1 saturated heterocycles. The van der Waals surface area contributed by atoms with Gasteiger partial charge in [-0.05, 0) is 67.6 Å². The Bertz CT molecular complexity index is 1370. The monoisotopic (exact) mass is 602 g/mol. The van der Waals surface area contributed by atoms with Crippen molar-refractivity contribution in [1.82, 2.24) is 9.80 Å². The molecule has 4 rings (SSSR count). The molecule has 2 amide bonds. The van der Waals surface area contributed by atoms with Crippen LogP contribution in [0.15, 0.2) is 59.1 Å². The lowest BCUT2D eigenvalue weighted by Crippen LogP contribution is -2.50. The number of halogens is 3. The highest BCUT2D eigenvalue weighted by atomic mass is 79.9. The van der Waals surface area contributed by atoms with Crippen LogP contribution in [-0.4, -0.2) is 46.9 Å². The fraction of sp³-hybridized carbons (Fsp3) is 0.310. The Morgan fingerprint density at radius 3 is 2.53 bits per heavy atom. The van der Waals surface area contributed by atoms with Gasteiger partial charge >= 0.3 is 11.8 Å². The van der Waals surface area contributed by atoms with E-state index in [0.29, 0.717) is 29.9 Å². The Balaban J connectivity index is 1.42. The van der Waals surface area contributed by atoms with Crippen molar-refractivity contribution in [2.24, 2.45) is 0 Å². The zero-order valence-corrected chi connectivity index (χ0v) is 23.8. The van der Waals surface area contributed by atoms with Crippen molar-refractivity contribution in [2.75, 3.05) is 20.1 Å². The zero-order valence-electron chi connectivity index (χ0n) is 21.4. The van der Waals surface area contributed by atoms with E-state index in [0.717, 1.165) is 21.2 Å². The molecule has 200 valence electrons. The molecule has 1 fully saturated rings. The summed E-state index contributed by atoms with van der Waals surface area (Å²) in [6, 6.07) is 15.2. The lowest BCUT2D eigenvalue weighted by molar-refractivity contribution is -0.154. The van der Waals surface area contributed by atoms with Gasteiger partial charge in [0.05, 0.1) is 10.6 Å². The molecule has 6 nitrogen and oxygen atoms in total. The Morgan fingerprint density at radius 2 is 1.84 bits per heavy atom. The molecule has 0 aliphatic carbocycles. The molecular weight excluding hydrogens is 575 g/mol. The highest BCUT2D eigenvalue weighted by molar-refractivity contribution is 9.10. The average molecular weight is 604 g/mol. The SMILES string of the molecule is Cc1cccc(C2(O)CCN(C(=O)C(=O)N(C)Cc3ccc(Br)cc3Oc3ccc(F)c(Cl)c3)CC2)c1C. The highest BCUT2D eigenvalue weighted by Crippen LogP contribution is 2.36. The van der Waals surface area contributed by atoms with E-state index in [1.807, 2.05) is 32.0 Å². The molecule has 0 unspecified atom stereocenters. The van der Waals surface area contributed by atoms with Gasteiger partial charge in [-0.3, -0.25) is 9.59 Å². The van der Waals surface area contributed by atoms with Gasteiger partial charge in [0, 0.05) is 42.8 Å². The summed E-state index contributed by atoms with van der Waals surface area (Å²) in [5.74, 6) is -1.04. The Kier molecular flexibility index (Phi) is 8.45. The first kappa shape index (κ1) is 28.1. The van der Waals surface area contributed by atoms with Crippen molar-refractivity contribution in [3.05, 3.63) is 92.2 Å². The molecule has 3 aromatic carbocycles. The number of hydrogen-bond acceptors (Lipinski definition) is 4. The smallest absolute Gasteiger partial charge is 0.312 e. The van der Waals surface area contributed by atoms with Crippen LogP contribution < -0.4 is 4.74 Å². The highest BCUT2D eigenvalue weighted by Gasteiger charge is 2.38. The second-order valence-electron chi connectivity index (χ2n) is 9.66. The van der Waals surface area contributed by atoms with Crippen molar-refractivity contribution < 1.29 is 23.8 Å². The Morgan fingerprint density at radius 1 is 1.13 bits per heavy atom. The van der Waals surface area contributed by atoms with Crippen molar-refractivity contribution >= 4 is 39.3 Å². The normalized spacial score (nSPS) is 14.8. The van der Waals surface area contributed by atoms with Crippen molar-refractivity contribution in [3.8, 4) is 11.5 Å². The number of nitrogens with zero attached hydrogens (tertiary/aromatic N) is 2. The topological polar surface area (TPSA) is 70.1 Å². The van der Waals surface area contributed by atoms with Crippen LogP contribution in [0.3, 0.4) is 0 Å². The lowest BCUT2D eigenvalue weighted by atomic mass is 9.81. The van der Waals surface area contributed by atoms with E-state index in [2.05, 4.69) is 15.9 Å². The van der Waals surface area contributed by atoms with Gasteiger partial charge in [0.2, 0.25) is 0 Å². The summed E-state index contributed by atoms with van der Waals surface area (Å²) < 4.78 is 20.2. The summed E-state index contributed by atoms with van der Waals surface area (Å²) >= 11 is 9.29. The maximum Gasteiger partial charge on any atom is 0.312 e. The third kappa shape index (κ3) is 6.03. The van der Waals surface area contributed by atoms with Crippen LogP contribution in [0.5, 0.6) is 11.5 Å². The molecule has 0 spiro atoms. The van der Waals surface area contributed by atoms with Crippen molar-refractivity contribution in [3.63, 3.8) is 0 Å². The van der Waals surface area contributed by atoms with Gasteiger partial charge < -0.3 is 19.6 Å². The van der Waals surface area contributed by atoms with Crippen LogP contribution in [0.1, 0.15) is 35.1 Å². The van der Waals surface area contributed by atoms with Crippen LogP contribution in [0, 0.1) is 19.7 Å². The first-order chi connectivity index (χ1) is 18.0. The van der Waals surface area contributed by atoms with Crippen LogP contribution in [0.4, 0.5) is 4.39 Å². The van der Waals surface area contributed by atoms with Crippen LogP contribution in [-0.2, 0) is 21.7 Å². The molecule has 3 aromatic rings. The maximum absolute atomic E-state index is 13.5. The number of likely N-dealkylation sites (tertiary alicyclic amines) is 1. The minimum atomic E-state index is -1.03. The number of carbonyl (C=O) groups is 2. The molecule has 1 aliphatic heterocycles. The van der Waals surface area contributed by atoms with E-state index in [-0.39, 0.29) is 24.7 Å². The van der Waals surface area contributed by atoms with E-state index >= 15 is 0 Å².